The van der Waals surface area contributed by atoms with Crippen molar-refractivity contribution >= 4 is 10.9 Å². The molecule has 3 N–H and O–H groups in total. The first-order valence-corrected chi connectivity index (χ1v) is 11.6. The van der Waals surface area contributed by atoms with E-state index >= 15 is 0 Å². The van der Waals surface area contributed by atoms with Gasteiger partial charge in [0.25, 0.3) is 5.56 Å². The van der Waals surface area contributed by atoms with E-state index in [1.807, 2.05) is 19.3 Å². The lowest BCUT2D eigenvalue weighted by atomic mass is 9.95. The van der Waals surface area contributed by atoms with Crippen LogP contribution in [0.3, 0.4) is 0 Å². The summed E-state index contributed by atoms with van der Waals surface area (Å²) in [5.41, 5.74) is 12.6. The molecule has 4 rings (SSSR count). The first-order valence-electron chi connectivity index (χ1n) is 11.6. The topological polar surface area (TPSA) is 84.4 Å². The number of nitrogens with two attached hydrogens (primary N) is 1. The number of rotatable bonds is 7. The summed E-state index contributed by atoms with van der Waals surface area (Å²) in [4.78, 5) is 20.7. The van der Waals surface area contributed by atoms with Crippen LogP contribution in [0.25, 0.3) is 27.7 Å². The number of benzene rings is 2. The number of phenolic OH excluding ortho intramolecular Hbond substituents is 1. The highest BCUT2D eigenvalue weighted by atomic mass is 16.3. The van der Waals surface area contributed by atoms with E-state index in [-0.39, 0.29) is 17.4 Å². The van der Waals surface area contributed by atoms with Gasteiger partial charge in [0, 0.05) is 43.2 Å². The van der Waals surface area contributed by atoms with Crippen LogP contribution in [-0.2, 0) is 6.54 Å². The van der Waals surface area contributed by atoms with Crippen molar-refractivity contribution in [2.75, 3.05) is 13.6 Å². The molecule has 0 aliphatic carbocycles. The van der Waals surface area contributed by atoms with Crippen molar-refractivity contribution < 1.29 is 5.11 Å². The van der Waals surface area contributed by atoms with E-state index < -0.39 is 0 Å². The third kappa shape index (κ3) is 4.88. The highest BCUT2D eigenvalue weighted by Crippen LogP contribution is 2.30. The van der Waals surface area contributed by atoms with Gasteiger partial charge in [-0.05, 0) is 56.6 Å². The number of phenols is 1. The molecule has 34 heavy (non-hydrogen) atoms. The van der Waals surface area contributed by atoms with Gasteiger partial charge in [-0.3, -0.25) is 14.3 Å². The van der Waals surface area contributed by atoms with Gasteiger partial charge in [0.2, 0.25) is 0 Å². The average molecular weight is 457 g/mol. The molecule has 1 atom stereocenters. The Balaban J connectivity index is 1.97. The number of likely N-dealkylation sites (N-methyl/N-ethyl adjacent to an activating group) is 1. The van der Waals surface area contributed by atoms with Gasteiger partial charge in [-0.1, -0.05) is 42.3 Å². The molecular formula is C28H32N4O2. The van der Waals surface area contributed by atoms with Gasteiger partial charge < -0.3 is 15.7 Å². The molecule has 0 spiro atoms. The number of pyridine rings is 2. The monoisotopic (exact) mass is 456 g/mol. The molecule has 6 heteroatoms. The maximum Gasteiger partial charge on any atom is 0.264 e. The normalized spacial score (nSPS) is 12.4. The van der Waals surface area contributed by atoms with E-state index in [0.717, 1.165) is 40.8 Å². The number of aromatic hydroxyl groups is 1. The number of fused-ring (bicyclic) bond motifs is 1. The standard InChI is InChI=1S/C28H32N4O2/c1-5-21(29)16-31(4)17-25-24(20-12-18(2)11-19(3)13-20)15-30-26-9-10-32(28(34)27(25)26)22-7-6-8-23(33)14-22/h6-15,21,33H,5,16-17,29H2,1-4H3/t21-/m0/s1. The van der Waals surface area contributed by atoms with Crippen molar-refractivity contribution in [2.45, 2.75) is 39.8 Å². The minimum atomic E-state index is -0.162. The molecule has 0 unspecified atom stereocenters. The Labute approximate surface area is 200 Å². The van der Waals surface area contributed by atoms with Crippen molar-refractivity contribution in [1.29, 1.82) is 0 Å². The average Bonchev–Trinajstić information content (AvgIpc) is 2.78. The molecule has 4 aromatic rings. The highest BCUT2D eigenvalue weighted by molar-refractivity contribution is 5.88. The zero-order valence-electron chi connectivity index (χ0n) is 20.2. The first-order chi connectivity index (χ1) is 16.3. The van der Waals surface area contributed by atoms with Gasteiger partial charge in [-0.15, -0.1) is 0 Å². The van der Waals surface area contributed by atoms with Crippen LogP contribution in [-0.4, -0.2) is 39.2 Å². The summed E-state index contributed by atoms with van der Waals surface area (Å²) in [5.74, 6) is 0.111. The Morgan fingerprint density at radius 3 is 2.53 bits per heavy atom. The van der Waals surface area contributed by atoms with Crippen LogP contribution in [0.5, 0.6) is 5.75 Å². The Morgan fingerprint density at radius 2 is 1.85 bits per heavy atom. The molecule has 2 heterocycles. The Morgan fingerprint density at radius 1 is 1.12 bits per heavy atom. The van der Waals surface area contributed by atoms with Crippen molar-refractivity contribution in [2.24, 2.45) is 5.73 Å². The summed E-state index contributed by atoms with van der Waals surface area (Å²) in [6.07, 6.45) is 4.47. The lowest BCUT2D eigenvalue weighted by Gasteiger charge is -2.23. The molecule has 2 aromatic heterocycles. The molecule has 0 amide bonds. The van der Waals surface area contributed by atoms with Gasteiger partial charge in [0.1, 0.15) is 5.75 Å². The Hall–Kier alpha value is -3.48. The zero-order chi connectivity index (χ0) is 24.4. The molecular weight excluding hydrogens is 424 g/mol. The maximum absolute atomic E-state index is 13.8. The van der Waals surface area contributed by atoms with Crippen LogP contribution < -0.4 is 11.3 Å². The molecule has 0 bridgehead atoms. The summed E-state index contributed by atoms with van der Waals surface area (Å²) in [5, 5.41) is 10.5. The third-order valence-corrected chi connectivity index (χ3v) is 6.17. The van der Waals surface area contributed by atoms with Crippen LogP contribution in [0.15, 0.2) is 65.7 Å². The lowest BCUT2D eigenvalue weighted by Crippen LogP contribution is -2.34. The summed E-state index contributed by atoms with van der Waals surface area (Å²) in [7, 11) is 2.03. The number of aromatic nitrogens is 2. The molecule has 0 saturated carbocycles. The predicted molar refractivity (Wildman–Crippen MR) is 139 cm³/mol. The van der Waals surface area contributed by atoms with Crippen molar-refractivity contribution in [3.8, 4) is 22.6 Å². The molecule has 0 fully saturated rings. The fraction of sp³-hybridized carbons (Fsp3) is 0.286. The number of aryl methyl sites for hydroxylation is 2. The second-order valence-corrected chi connectivity index (χ2v) is 9.16. The minimum Gasteiger partial charge on any atom is -0.508 e. The number of hydrogen-bond donors (Lipinski definition) is 2. The van der Waals surface area contributed by atoms with Crippen LogP contribution in [0.1, 0.15) is 30.0 Å². The molecule has 0 aliphatic rings. The summed E-state index contributed by atoms with van der Waals surface area (Å²) >= 11 is 0. The number of hydrogen-bond acceptors (Lipinski definition) is 5. The summed E-state index contributed by atoms with van der Waals surface area (Å²) in [6.45, 7) is 7.52. The van der Waals surface area contributed by atoms with E-state index in [1.54, 1.807) is 35.0 Å². The van der Waals surface area contributed by atoms with Gasteiger partial charge in [-0.2, -0.15) is 0 Å². The van der Waals surface area contributed by atoms with E-state index in [1.165, 1.54) is 0 Å². The fourth-order valence-corrected chi connectivity index (χ4v) is 4.52. The molecule has 2 aromatic carbocycles. The number of nitrogens with zero attached hydrogens (tertiary/aromatic N) is 3. The summed E-state index contributed by atoms with van der Waals surface area (Å²) in [6, 6.07) is 15.0. The largest absolute Gasteiger partial charge is 0.508 e. The van der Waals surface area contributed by atoms with E-state index in [9.17, 15) is 9.90 Å². The van der Waals surface area contributed by atoms with Crippen molar-refractivity contribution in [3.63, 3.8) is 0 Å². The smallest absolute Gasteiger partial charge is 0.264 e. The second-order valence-electron chi connectivity index (χ2n) is 9.16. The predicted octanol–water partition coefficient (Wildman–Crippen LogP) is 4.54. The Kier molecular flexibility index (Phi) is 6.82. The SMILES string of the molecule is CC[C@H](N)CN(C)Cc1c(-c2cc(C)cc(C)c2)cnc2ccn(-c3cccc(O)c3)c(=O)c12. The van der Waals surface area contributed by atoms with Crippen LogP contribution in [0, 0.1) is 13.8 Å². The molecule has 176 valence electrons. The zero-order valence-corrected chi connectivity index (χ0v) is 20.2. The molecule has 0 aliphatic heterocycles. The van der Waals surface area contributed by atoms with Crippen LogP contribution >= 0.6 is 0 Å². The summed E-state index contributed by atoms with van der Waals surface area (Å²) < 4.78 is 1.57. The van der Waals surface area contributed by atoms with Gasteiger partial charge in [0.15, 0.2) is 0 Å². The van der Waals surface area contributed by atoms with Gasteiger partial charge >= 0.3 is 0 Å². The second kappa shape index (κ2) is 9.79. The third-order valence-electron chi connectivity index (χ3n) is 6.17. The maximum atomic E-state index is 13.8. The van der Waals surface area contributed by atoms with Crippen LogP contribution in [0.4, 0.5) is 0 Å². The van der Waals surface area contributed by atoms with Crippen LogP contribution in [0.2, 0.25) is 0 Å². The molecule has 6 nitrogen and oxygen atoms in total. The van der Waals surface area contributed by atoms with E-state index in [4.69, 9.17) is 5.73 Å². The van der Waals surface area contributed by atoms with Crippen molar-refractivity contribution in [3.05, 3.63) is 88.0 Å². The quantitative estimate of drug-likeness (QED) is 0.426. The molecule has 0 saturated heterocycles. The Bertz CT molecular complexity index is 1370. The van der Waals surface area contributed by atoms with E-state index in [0.29, 0.717) is 23.1 Å². The minimum absolute atomic E-state index is 0.0618. The van der Waals surface area contributed by atoms with Gasteiger partial charge in [0.05, 0.1) is 16.6 Å². The van der Waals surface area contributed by atoms with Gasteiger partial charge in [-0.25, -0.2) is 0 Å². The van der Waals surface area contributed by atoms with E-state index in [2.05, 4.69) is 48.9 Å². The lowest BCUT2D eigenvalue weighted by molar-refractivity contribution is 0.301. The fourth-order valence-electron chi connectivity index (χ4n) is 4.52. The first kappa shape index (κ1) is 23.7. The highest BCUT2D eigenvalue weighted by Gasteiger charge is 2.18. The van der Waals surface area contributed by atoms with Crippen molar-refractivity contribution in [1.82, 2.24) is 14.5 Å². The molecule has 0 radical (unpaired) electrons.